The van der Waals surface area contributed by atoms with Crippen LogP contribution in [0.15, 0.2) is 0 Å². The first-order chi connectivity index (χ1) is 6.83. The van der Waals surface area contributed by atoms with Crippen LogP contribution in [0.1, 0.15) is 20.8 Å². The maximum Gasteiger partial charge on any atom is 0.312 e. The maximum atomic E-state index is 11.5. The van der Waals surface area contributed by atoms with Crippen LogP contribution in [0.5, 0.6) is 0 Å². The second-order valence-electron chi connectivity index (χ2n) is 4.15. The highest BCUT2D eigenvalue weighted by molar-refractivity contribution is 7.80. The fraction of sp³-hybridized carbons (Fsp3) is 0.800. The highest BCUT2D eigenvalue weighted by Gasteiger charge is 2.30. The molecule has 4 nitrogen and oxygen atoms in total. The molecule has 15 heavy (non-hydrogen) atoms. The number of carbonyl (C=O) groups is 1. The number of carbonyl (C=O) groups excluding carboxylic acids is 1. The van der Waals surface area contributed by atoms with Gasteiger partial charge in [-0.1, -0.05) is 19.1 Å². The number of rotatable bonds is 6. The van der Waals surface area contributed by atoms with Gasteiger partial charge in [0.1, 0.15) is 0 Å². The molecular formula is C10H20N2O2S. The number of thiocarbonyl (C=S) groups is 1. The van der Waals surface area contributed by atoms with Crippen molar-refractivity contribution in [1.29, 1.82) is 0 Å². The Morgan fingerprint density at radius 3 is 2.40 bits per heavy atom. The summed E-state index contributed by atoms with van der Waals surface area (Å²) in [4.78, 5) is 13.9. The van der Waals surface area contributed by atoms with Crippen LogP contribution in [0.4, 0.5) is 0 Å². The summed E-state index contributed by atoms with van der Waals surface area (Å²) in [6.45, 7) is 7.63. The van der Waals surface area contributed by atoms with E-state index in [0.717, 1.165) is 6.54 Å². The molecule has 0 amide bonds. The molecule has 0 aliphatic carbocycles. The van der Waals surface area contributed by atoms with Crippen LogP contribution in [0.3, 0.4) is 0 Å². The summed E-state index contributed by atoms with van der Waals surface area (Å²) >= 11 is 4.84. The average molecular weight is 232 g/mol. The first kappa shape index (κ1) is 14.3. The molecule has 0 saturated heterocycles. The lowest BCUT2D eigenvalue weighted by atomic mass is 9.93. The molecular weight excluding hydrogens is 212 g/mol. The van der Waals surface area contributed by atoms with Crippen molar-refractivity contribution in [1.82, 2.24) is 4.90 Å². The van der Waals surface area contributed by atoms with Gasteiger partial charge in [-0.3, -0.25) is 9.69 Å². The summed E-state index contributed by atoms with van der Waals surface area (Å²) in [6, 6.07) is 0. The summed E-state index contributed by atoms with van der Waals surface area (Å²) < 4.78 is 4.74. The zero-order valence-electron chi connectivity index (χ0n) is 9.87. The molecule has 0 spiro atoms. The van der Waals surface area contributed by atoms with E-state index < -0.39 is 5.41 Å². The van der Waals surface area contributed by atoms with Gasteiger partial charge in [-0.2, -0.15) is 0 Å². The van der Waals surface area contributed by atoms with Crippen LogP contribution in [0, 0.1) is 5.41 Å². The van der Waals surface area contributed by atoms with Crippen molar-refractivity contribution in [3.05, 3.63) is 0 Å². The molecule has 0 saturated carbocycles. The van der Waals surface area contributed by atoms with Gasteiger partial charge in [0, 0.05) is 13.1 Å². The zero-order chi connectivity index (χ0) is 12.1. The van der Waals surface area contributed by atoms with Crippen molar-refractivity contribution in [2.24, 2.45) is 11.1 Å². The first-order valence-electron chi connectivity index (χ1n) is 4.92. The number of nitrogens with zero attached hydrogens (tertiary/aromatic N) is 1. The number of likely N-dealkylation sites (N-methyl/N-ethyl adjacent to an activating group) is 1. The van der Waals surface area contributed by atoms with Gasteiger partial charge in [-0.05, 0) is 20.4 Å². The van der Waals surface area contributed by atoms with E-state index in [4.69, 9.17) is 22.7 Å². The molecule has 0 aromatic rings. The molecule has 0 aromatic heterocycles. The van der Waals surface area contributed by atoms with E-state index in [-0.39, 0.29) is 5.97 Å². The third-order valence-electron chi connectivity index (χ3n) is 2.18. The van der Waals surface area contributed by atoms with Gasteiger partial charge in [0.25, 0.3) is 0 Å². The van der Waals surface area contributed by atoms with E-state index >= 15 is 0 Å². The molecule has 88 valence electrons. The molecule has 0 aliphatic heterocycles. The van der Waals surface area contributed by atoms with Crippen LogP contribution in [0.25, 0.3) is 0 Å². The van der Waals surface area contributed by atoms with Crippen LogP contribution < -0.4 is 5.73 Å². The number of nitrogens with two attached hydrogens (primary N) is 1. The van der Waals surface area contributed by atoms with Crippen molar-refractivity contribution in [2.75, 3.05) is 26.7 Å². The molecule has 2 N–H and O–H groups in total. The molecule has 5 heteroatoms. The van der Waals surface area contributed by atoms with E-state index in [2.05, 4.69) is 0 Å². The summed E-state index contributed by atoms with van der Waals surface area (Å²) in [5, 5.41) is 0. The third-order valence-corrected chi connectivity index (χ3v) is 2.31. The second kappa shape index (κ2) is 6.02. The van der Waals surface area contributed by atoms with Crippen LogP contribution in [0.2, 0.25) is 0 Å². The first-order valence-corrected chi connectivity index (χ1v) is 5.33. The Kier molecular flexibility index (Phi) is 5.75. The van der Waals surface area contributed by atoms with Crippen molar-refractivity contribution >= 4 is 23.2 Å². The predicted octanol–water partition coefficient (Wildman–Crippen LogP) is 0.794. The fourth-order valence-corrected chi connectivity index (χ4v) is 1.58. The van der Waals surface area contributed by atoms with Crippen LogP contribution in [-0.2, 0) is 9.53 Å². The van der Waals surface area contributed by atoms with Gasteiger partial charge in [0.05, 0.1) is 17.5 Å². The number of hydrogen-bond donors (Lipinski definition) is 1. The number of ether oxygens (including phenoxy) is 1. The largest absolute Gasteiger partial charge is 0.469 e. The topological polar surface area (TPSA) is 55.6 Å². The van der Waals surface area contributed by atoms with E-state index in [0.29, 0.717) is 18.1 Å². The molecule has 0 heterocycles. The number of methoxy groups -OCH3 is 1. The fourth-order valence-electron chi connectivity index (χ4n) is 1.40. The summed E-state index contributed by atoms with van der Waals surface area (Å²) in [6.07, 6.45) is 0. The smallest absolute Gasteiger partial charge is 0.312 e. The van der Waals surface area contributed by atoms with Gasteiger partial charge < -0.3 is 10.5 Å². The summed E-state index contributed by atoms with van der Waals surface area (Å²) in [7, 11) is 1.40. The van der Waals surface area contributed by atoms with E-state index in [9.17, 15) is 4.79 Å². The molecule has 0 fully saturated rings. The summed E-state index contributed by atoms with van der Waals surface area (Å²) in [5.74, 6) is -0.219. The molecule has 0 unspecified atom stereocenters. The average Bonchev–Trinajstić information content (AvgIpc) is 2.14. The lowest BCUT2D eigenvalue weighted by molar-refractivity contribution is -0.151. The van der Waals surface area contributed by atoms with Crippen molar-refractivity contribution in [3.8, 4) is 0 Å². The van der Waals surface area contributed by atoms with Gasteiger partial charge in [-0.15, -0.1) is 0 Å². The number of hydrogen-bond acceptors (Lipinski definition) is 4. The molecule has 0 bridgehead atoms. The van der Waals surface area contributed by atoms with E-state index in [1.54, 1.807) is 0 Å². The SMILES string of the molecule is CCN(CC(N)=S)CC(C)(C)C(=O)OC. The Balaban J connectivity index is 4.39. The minimum atomic E-state index is -0.532. The molecule has 0 aliphatic rings. The Bertz CT molecular complexity index is 242. The van der Waals surface area contributed by atoms with Crippen LogP contribution in [-0.4, -0.2) is 42.6 Å². The summed E-state index contributed by atoms with van der Waals surface area (Å²) in [5.41, 5.74) is 4.94. The van der Waals surface area contributed by atoms with Gasteiger partial charge in [0.15, 0.2) is 0 Å². The van der Waals surface area contributed by atoms with E-state index in [1.165, 1.54) is 7.11 Å². The normalized spacial score (nSPS) is 11.5. The standard InChI is InChI=1S/C10H20N2O2S/c1-5-12(6-8(11)15)7-10(2,3)9(13)14-4/h5-7H2,1-4H3,(H2,11,15). The highest BCUT2D eigenvalue weighted by atomic mass is 32.1. The lowest BCUT2D eigenvalue weighted by Gasteiger charge is -2.29. The monoisotopic (exact) mass is 232 g/mol. The van der Waals surface area contributed by atoms with Crippen molar-refractivity contribution in [3.63, 3.8) is 0 Å². The highest BCUT2D eigenvalue weighted by Crippen LogP contribution is 2.18. The van der Waals surface area contributed by atoms with Gasteiger partial charge in [0.2, 0.25) is 0 Å². The molecule has 0 aromatic carbocycles. The zero-order valence-corrected chi connectivity index (χ0v) is 10.7. The molecule has 0 radical (unpaired) electrons. The van der Waals surface area contributed by atoms with Gasteiger partial charge >= 0.3 is 5.97 Å². The lowest BCUT2D eigenvalue weighted by Crippen LogP contribution is -2.42. The van der Waals surface area contributed by atoms with Crippen LogP contribution >= 0.6 is 12.2 Å². The van der Waals surface area contributed by atoms with Crippen molar-refractivity contribution in [2.45, 2.75) is 20.8 Å². The second-order valence-corrected chi connectivity index (χ2v) is 4.67. The number of esters is 1. The predicted molar refractivity (Wildman–Crippen MR) is 64.7 cm³/mol. The third kappa shape index (κ3) is 5.09. The van der Waals surface area contributed by atoms with Crippen molar-refractivity contribution < 1.29 is 9.53 Å². The van der Waals surface area contributed by atoms with Gasteiger partial charge in [-0.25, -0.2) is 0 Å². The maximum absolute atomic E-state index is 11.5. The minimum absolute atomic E-state index is 0.219. The Morgan fingerprint density at radius 1 is 1.53 bits per heavy atom. The Labute approximate surface area is 96.8 Å². The molecule has 0 rings (SSSR count). The van der Waals surface area contributed by atoms with E-state index in [1.807, 2.05) is 25.7 Å². The quantitative estimate of drug-likeness (QED) is 0.542. The minimum Gasteiger partial charge on any atom is -0.469 e. The Hall–Kier alpha value is -0.680. The Morgan fingerprint density at radius 2 is 2.07 bits per heavy atom. The molecule has 0 atom stereocenters.